The molecule has 1 aromatic rings. The molecule has 0 aromatic heterocycles. The molecule has 0 saturated heterocycles. The number of benzene rings is 1. The van der Waals surface area contributed by atoms with E-state index in [2.05, 4.69) is 6.58 Å². The van der Waals surface area contributed by atoms with Gasteiger partial charge < -0.3 is 4.74 Å². The number of ether oxygens (including phenoxy) is 1. The third-order valence-electron chi connectivity index (χ3n) is 1.59. The Balaban J connectivity index is 2.83. The minimum atomic E-state index is -0.382. The van der Waals surface area contributed by atoms with Crippen LogP contribution in [0.1, 0.15) is 17.3 Å². The first-order valence-electron chi connectivity index (χ1n) is 4.08. The minimum Gasteiger partial charge on any atom is -0.427 e. The van der Waals surface area contributed by atoms with Gasteiger partial charge in [-0.2, -0.15) is 0 Å². The van der Waals surface area contributed by atoms with Crippen molar-refractivity contribution in [3.63, 3.8) is 0 Å². The summed E-state index contributed by atoms with van der Waals surface area (Å²) >= 11 is 0. The van der Waals surface area contributed by atoms with Crippen molar-refractivity contribution in [3.05, 3.63) is 42.5 Å². The highest BCUT2D eigenvalue weighted by Gasteiger charge is 2.02. The van der Waals surface area contributed by atoms with E-state index in [-0.39, 0.29) is 11.8 Å². The number of rotatable bonds is 3. The zero-order valence-corrected chi connectivity index (χ0v) is 7.82. The van der Waals surface area contributed by atoms with Crippen molar-refractivity contribution in [1.29, 1.82) is 0 Å². The molecule has 0 aliphatic heterocycles. The van der Waals surface area contributed by atoms with Crippen molar-refractivity contribution in [1.82, 2.24) is 0 Å². The lowest BCUT2D eigenvalue weighted by atomic mass is 10.1. The Bertz CT molecular complexity index is 363. The number of ketones is 1. The van der Waals surface area contributed by atoms with Crippen molar-refractivity contribution in [3.8, 4) is 5.75 Å². The van der Waals surface area contributed by atoms with E-state index in [0.717, 1.165) is 0 Å². The molecule has 0 radical (unpaired) electrons. The second kappa shape index (κ2) is 4.37. The molecular weight excluding hydrogens is 180 g/mol. The number of carbonyl (C=O) groups excluding carboxylic acids is 2. The van der Waals surface area contributed by atoms with E-state index in [1.807, 2.05) is 0 Å². The predicted octanol–water partition coefficient (Wildman–Crippen LogP) is 1.98. The van der Waals surface area contributed by atoms with Crippen LogP contribution in [0.4, 0.5) is 0 Å². The summed E-state index contributed by atoms with van der Waals surface area (Å²) in [6.45, 7) is 4.70. The number of carbonyl (C=O) groups is 2. The lowest BCUT2D eigenvalue weighted by Gasteiger charge is -2.01. The molecule has 0 atom stereocenters. The zero-order valence-electron chi connectivity index (χ0n) is 7.82. The Kier molecular flexibility index (Phi) is 3.18. The topological polar surface area (TPSA) is 43.4 Å². The summed E-state index contributed by atoms with van der Waals surface area (Å²) in [6, 6.07) is 6.31. The fraction of sp³-hybridized carbons (Fsp3) is 0.0909. The molecule has 1 aromatic carbocycles. The fourth-order valence-corrected chi connectivity index (χ4v) is 0.971. The van der Waals surface area contributed by atoms with Gasteiger partial charge in [-0.15, -0.1) is 0 Å². The monoisotopic (exact) mass is 190 g/mol. The van der Waals surface area contributed by atoms with Crippen LogP contribution in [0.3, 0.4) is 0 Å². The minimum absolute atomic E-state index is 0.153. The van der Waals surface area contributed by atoms with Crippen LogP contribution in [0.2, 0.25) is 0 Å². The van der Waals surface area contributed by atoms with Gasteiger partial charge in [0.15, 0.2) is 5.78 Å². The van der Waals surface area contributed by atoms with Gasteiger partial charge in [-0.3, -0.25) is 9.59 Å². The summed E-state index contributed by atoms with van der Waals surface area (Å²) in [5.74, 6) is -0.106. The molecule has 0 spiro atoms. The quantitative estimate of drug-likeness (QED) is 0.317. The van der Waals surface area contributed by atoms with Crippen molar-refractivity contribution < 1.29 is 14.3 Å². The van der Waals surface area contributed by atoms with Gasteiger partial charge in [0.2, 0.25) is 0 Å². The van der Waals surface area contributed by atoms with Crippen molar-refractivity contribution in [2.24, 2.45) is 0 Å². The van der Waals surface area contributed by atoms with Gasteiger partial charge in [-0.05, 0) is 30.3 Å². The molecule has 0 aliphatic rings. The maximum absolute atomic E-state index is 11.1. The number of hydrogen-bond acceptors (Lipinski definition) is 3. The molecule has 0 N–H and O–H groups in total. The smallest absolute Gasteiger partial charge is 0.308 e. The molecule has 1 rings (SSSR count). The summed E-state index contributed by atoms with van der Waals surface area (Å²) in [7, 11) is 0. The fourth-order valence-electron chi connectivity index (χ4n) is 0.971. The van der Waals surface area contributed by atoms with Gasteiger partial charge in [0.05, 0.1) is 0 Å². The predicted molar refractivity (Wildman–Crippen MR) is 52.3 cm³/mol. The normalized spacial score (nSPS) is 9.21. The van der Waals surface area contributed by atoms with Gasteiger partial charge in [-0.1, -0.05) is 6.58 Å². The first kappa shape index (κ1) is 10.2. The molecule has 0 aliphatic carbocycles. The molecule has 0 saturated carbocycles. The third-order valence-corrected chi connectivity index (χ3v) is 1.59. The maximum atomic E-state index is 11.1. The van der Waals surface area contributed by atoms with E-state index in [0.29, 0.717) is 11.3 Å². The van der Waals surface area contributed by atoms with Gasteiger partial charge in [0, 0.05) is 12.5 Å². The molecule has 0 amide bonds. The number of esters is 1. The van der Waals surface area contributed by atoms with Crippen LogP contribution in [0, 0.1) is 0 Å². The van der Waals surface area contributed by atoms with Crippen LogP contribution in [0.5, 0.6) is 5.75 Å². The Hall–Kier alpha value is -1.90. The average molecular weight is 190 g/mol. The van der Waals surface area contributed by atoms with E-state index in [9.17, 15) is 9.59 Å². The molecule has 14 heavy (non-hydrogen) atoms. The highest BCUT2D eigenvalue weighted by Crippen LogP contribution is 2.12. The van der Waals surface area contributed by atoms with E-state index in [1.165, 1.54) is 13.0 Å². The Morgan fingerprint density at radius 2 is 1.86 bits per heavy atom. The van der Waals surface area contributed by atoms with Crippen LogP contribution in [0.25, 0.3) is 0 Å². The molecule has 0 bridgehead atoms. The molecule has 0 heterocycles. The SMILES string of the molecule is C=CC(=O)c1ccc(OC(C)=O)cc1. The average Bonchev–Trinajstić information content (AvgIpc) is 2.17. The van der Waals surface area contributed by atoms with Crippen LogP contribution in [-0.2, 0) is 4.79 Å². The third kappa shape index (κ3) is 2.55. The molecule has 0 fully saturated rings. The van der Waals surface area contributed by atoms with Crippen LogP contribution < -0.4 is 4.74 Å². The lowest BCUT2D eigenvalue weighted by Crippen LogP contribution is -2.01. The van der Waals surface area contributed by atoms with Gasteiger partial charge >= 0.3 is 5.97 Å². The number of hydrogen-bond donors (Lipinski definition) is 0. The summed E-state index contributed by atoms with van der Waals surface area (Å²) in [4.78, 5) is 21.7. The van der Waals surface area contributed by atoms with E-state index in [4.69, 9.17) is 4.74 Å². The molecule has 3 heteroatoms. The van der Waals surface area contributed by atoms with Crippen LogP contribution in [-0.4, -0.2) is 11.8 Å². The highest BCUT2D eigenvalue weighted by atomic mass is 16.5. The summed E-state index contributed by atoms with van der Waals surface area (Å²) in [6.07, 6.45) is 1.24. The summed E-state index contributed by atoms with van der Waals surface area (Å²) in [5, 5.41) is 0. The second-order valence-corrected chi connectivity index (χ2v) is 2.69. The summed E-state index contributed by atoms with van der Waals surface area (Å²) in [5.41, 5.74) is 0.524. The zero-order chi connectivity index (χ0) is 10.6. The summed E-state index contributed by atoms with van der Waals surface area (Å²) < 4.78 is 4.81. The van der Waals surface area contributed by atoms with Crippen LogP contribution >= 0.6 is 0 Å². The van der Waals surface area contributed by atoms with E-state index in [1.54, 1.807) is 24.3 Å². The molecular formula is C11H10O3. The van der Waals surface area contributed by atoms with Gasteiger partial charge in [0.1, 0.15) is 5.75 Å². The largest absolute Gasteiger partial charge is 0.427 e. The molecule has 0 unspecified atom stereocenters. The maximum Gasteiger partial charge on any atom is 0.308 e. The van der Waals surface area contributed by atoms with E-state index >= 15 is 0 Å². The van der Waals surface area contributed by atoms with Gasteiger partial charge in [0.25, 0.3) is 0 Å². The van der Waals surface area contributed by atoms with Crippen molar-refractivity contribution in [2.45, 2.75) is 6.92 Å². The number of allylic oxidation sites excluding steroid dienone is 1. The standard InChI is InChI=1S/C11H10O3/c1-3-11(13)9-4-6-10(7-5-9)14-8(2)12/h3-7H,1H2,2H3. The molecule has 72 valence electrons. The van der Waals surface area contributed by atoms with Crippen molar-refractivity contribution in [2.75, 3.05) is 0 Å². The lowest BCUT2D eigenvalue weighted by molar-refractivity contribution is -0.131. The van der Waals surface area contributed by atoms with Gasteiger partial charge in [-0.25, -0.2) is 0 Å². The first-order valence-corrected chi connectivity index (χ1v) is 4.08. The Labute approximate surface area is 82.0 Å². The first-order chi connectivity index (χ1) is 6.63. The highest BCUT2D eigenvalue weighted by molar-refractivity contribution is 6.04. The van der Waals surface area contributed by atoms with Crippen molar-refractivity contribution >= 4 is 11.8 Å². The van der Waals surface area contributed by atoms with E-state index < -0.39 is 0 Å². The Morgan fingerprint density at radius 3 is 2.29 bits per heavy atom. The van der Waals surface area contributed by atoms with Crippen LogP contribution in [0.15, 0.2) is 36.9 Å². The molecule has 3 nitrogen and oxygen atoms in total. The second-order valence-electron chi connectivity index (χ2n) is 2.69. The Morgan fingerprint density at radius 1 is 1.29 bits per heavy atom.